The zero-order chi connectivity index (χ0) is 10.7. The van der Waals surface area contributed by atoms with Crippen LogP contribution in [-0.2, 0) is 6.42 Å². The first-order valence-corrected chi connectivity index (χ1v) is 4.60. The molecular weight excluding hydrogens is 192 g/mol. The smallest absolute Gasteiger partial charge is 0.274 e. The summed E-state index contributed by atoms with van der Waals surface area (Å²) in [5.74, 6) is -0.177. The number of carbonyl (C=O) groups is 1. The van der Waals surface area contributed by atoms with Crippen molar-refractivity contribution in [2.45, 2.75) is 6.42 Å². The van der Waals surface area contributed by atoms with Crippen molar-refractivity contribution in [3.05, 3.63) is 58.0 Å². The molecule has 0 fully saturated rings. The minimum atomic E-state index is -0.365. The number of carbonyl (C=O) groups excluding carboxylic acids is 1. The number of H-pyrrole nitrogens is 2. The molecule has 0 aliphatic rings. The van der Waals surface area contributed by atoms with E-state index < -0.39 is 0 Å². The average molecular weight is 202 g/mol. The molecule has 0 radical (unpaired) electrons. The molecule has 0 bridgehead atoms. The van der Waals surface area contributed by atoms with Crippen molar-refractivity contribution in [1.82, 2.24) is 10.2 Å². The first-order valence-electron chi connectivity index (χ1n) is 4.60. The SMILES string of the molecule is O=C(Cc1ccccc1)c1c[nH][nH]c1=O. The number of benzene rings is 1. The van der Waals surface area contributed by atoms with Gasteiger partial charge in [-0.05, 0) is 5.56 Å². The van der Waals surface area contributed by atoms with Crippen LogP contribution in [0.4, 0.5) is 0 Å². The fraction of sp³-hybridized carbons (Fsp3) is 0.0909. The quantitative estimate of drug-likeness (QED) is 0.732. The predicted molar refractivity (Wildman–Crippen MR) is 55.9 cm³/mol. The van der Waals surface area contributed by atoms with Crippen LogP contribution in [0.15, 0.2) is 41.3 Å². The van der Waals surface area contributed by atoms with E-state index in [0.29, 0.717) is 0 Å². The summed E-state index contributed by atoms with van der Waals surface area (Å²) in [6.07, 6.45) is 1.65. The van der Waals surface area contributed by atoms with Crippen molar-refractivity contribution in [2.75, 3.05) is 0 Å². The molecule has 0 aliphatic heterocycles. The van der Waals surface area contributed by atoms with E-state index in [2.05, 4.69) is 10.2 Å². The van der Waals surface area contributed by atoms with Crippen LogP contribution < -0.4 is 5.56 Å². The van der Waals surface area contributed by atoms with E-state index in [1.165, 1.54) is 6.20 Å². The topological polar surface area (TPSA) is 65.7 Å². The van der Waals surface area contributed by atoms with Gasteiger partial charge in [0.05, 0.1) is 0 Å². The lowest BCUT2D eigenvalue weighted by Gasteiger charge is -1.96. The second kappa shape index (κ2) is 3.96. The summed E-state index contributed by atoms with van der Waals surface area (Å²) >= 11 is 0. The Labute approximate surface area is 85.9 Å². The van der Waals surface area contributed by atoms with E-state index in [9.17, 15) is 9.59 Å². The molecule has 2 rings (SSSR count). The highest BCUT2D eigenvalue weighted by atomic mass is 16.1. The molecule has 2 N–H and O–H groups in total. The van der Waals surface area contributed by atoms with Crippen LogP contribution in [-0.4, -0.2) is 16.0 Å². The van der Waals surface area contributed by atoms with Crippen LogP contribution in [0.25, 0.3) is 0 Å². The van der Waals surface area contributed by atoms with Gasteiger partial charge in [-0.3, -0.25) is 14.7 Å². The van der Waals surface area contributed by atoms with E-state index in [4.69, 9.17) is 0 Å². The van der Waals surface area contributed by atoms with Crippen molar-refractivity contribution in [3.8, 4) is 0 Å². The number of hydrogen-bond acceptors (Lipinski definition) is 2. The molecule has 0 spiro atoms. The Kier molecular flexibility index (Phi) is 2.49. The van der Waals surface area contributed by atoms with Crippen molar-refractivity contribution in [3.63, 3.8) is 0 Å². The highest BCUT2D eigenvalue weighted by Crippen LogP contribution is 2.03. The molecule has 1 aromatic carbocycles. The predicted octanol–water partition coefficient (Wildman–Crippen LogP) is 1.13. The number of aromatic nitrogens is 2. The first kappa shape index (κ1) is 9.45. The summed E-state index contributed by atoms with van der Waals surface area (Å²) in [6, 6.07) is 9.34. The van der Waals surface area contributed by atoms with Gasteiger partial charge >= 0.3 is 0 Å². The molecule has 0 unspecified atom stereocenters. The molecule has 1 aromatic heterocycles. The van der Waals surface area contributed by atoms with E-state index in [0.717, 1.165) is 5.56 Å². The van der Waals surface area contributed by atoms with Gasteiger partial charge in [-0.25, -0.2) is 0 Å². The van der Waals surface area contributed by atoms with Gasteiger partial charge < -0.3 is 5.10 Å². The zero-order valence-corrected chi connectivity index (χ0v) is 7.99. The highest BCUT2D eigenvalue weighted by Gasteiger charge is 2.11. The largest absolute Gasteiger partial charge is 0.305 e. The van der Waals surface area contributed by atoms with Crippen LogP contribution in [0.3, 0.4) is 0 Å². The second-order valence-electron chi connectivity index (χ2n) is 3.24. The van der Waals surface area contributed by atoms with Gasteiger partial charge in [-0.1, -0.05) is 30.3 Å². The molecule has 15 heavy (non-hydrogen) atoms. The summed E-state index contributed by atoms with van der Waals surface area (Å²) in [6.45, 7) is 0. The first-order chi connectivity index (χ1) is 7.27. The molecule has 0 saturated heterocycles. The Morgan fingerprint density at radius 1 is 1.20 bits per heavy atom. The van der Waals surface area contributed by atoms with E-state index in [1.54, 1.807) is 0 Å². The fourth-order valence-corrected chi connectivity index (χ4v) is 1.39. The van der Waals surface area contributed by atoms with Crippen molar-refractivity contribution >= 4 is 5.78 Å². The Balaban J connectivity index is 2.18. The molecule has 4 heteroatoms. The monoisotopic (exact) mass is 202 g/mol. The number of rotatable bonds is 3. The number of ketones is 1. The maximum atomic E-state index is 11.7. The highest BCUT2D eigenvalue weighted by molar-refractivity contribution is 5.96. The van der Waals surface area contributed by atoms with E-state index >= 15 is 0 Å². The van der Waals surface area contributed by atoms with Crippen LogP contribution in [0.5, 0.6) is 0 Å². The lowest BCUT2D eigenvalue weighted by atomic mass is 10.1. The molecular formula is C11H10N2O2. The minimum absolute atomic E-state index is 0.177. The Hall–Kier alpha value is -2.10. The summed E-state index contributed by atoms with van der Waals surface area (Å²) in [7, 11) is 0. The molecule has 2 aromatic rings. The third-order valence-electron chi connectivity index (χ3n) is 2.15. The number of aromatic amines is 2. The fourth-order valence-electron chi connectivity index (χ4n) is 1.39. The van der Waals surface area contributed by atoms with Crippen molar-refractivity contribution in [2.24, 2.45) is 0 Å². The molecule has 1 heterocycles. The van der Waals surface area contributed by atoms with Crippen LogP contribution in [0.2, 0.25) is 0 Å². The number of Topliss-reactive ketones (excluding diaryl/α,β-unsaturated/α-hetero) is 1. The Morgan fingerprint density at radius 2 is 1.93 bits per heavy atom. The third-order valence-corrected chi connectivity index (χ3v) is 2.15. The lowest BCUT2D eigenvalue weighted by molar-refractivity contribution is 0.0992. The Bertz CT molecular complexity index is 511. The summed E-state index contributed by atoms with van der Waals surface area (Å²) in [5.41, 5.74) is 0.720. The molecule has 4 nitrogen and oxygen atoms in total. The average Bonchev–Trinajstić information content (AvgIpc) is 2.66. The van der Waals surface area contributed by atoms with Gasteiger partial charge in [0.2, 0.25) is 0 Å². The van der Waals surface area contributed by atoms with Gasteiger partial charge in [-0.15, -0.1) is 0 Å². The summed E-state index contributed by atoms with van der Waals surface area (Å²) in [5, 5.41) is 4.84. The number of nitrogens with one attached hydrogen (secondary N) is 2. The maximum absolute atomic E-state index is 11.7. The van der Waals surface area contributed by atoms with E-state index in [1.807, 2.05) is 30.3 Å². The normalized spacial score (nSPS) is 10.1. The van der Waals surface area contributed by atoms with Gasteiger partial charge in [-0.2, -0.15) is 0 Å². The molecule has 0 saturated carbocycles. The van der Waals surface area contributed by atoms with Crippen LogP contribution >= 0.6 is 0 Å². The Morgan fingerprint density at radius 3 is 2.53 bits per heavy atom. The van der Waals surface area contributed by atoms with Gasteiger partial charge in [0.15, 0.2) is 5.78 Å². The van der Waals surface area contributed by atoms with Crippen LogP contribution in [0.1, 0.15) is 15.9 Å². The molecule has 0 aliphatic carbocycles. The van der Waals surface area contributed by atoms with Crippen molar-refractivity contribution < 1.29 is 4.79 Å². The minimum Gasteiger partial charge on any atom is -0.305 e. The summed E-state index contributed by atoms with van der Waals surface area (Å²) < 4.78 is 0. The van der Waals surface area contributed by atoms with Gasteiger partial charge in [0.25, 0.3) is 5.56 Å². The lowest BCUT2D eigenvalue weighted by Crippen LogP contribution is -2.13. The van der Waals surface area contributed by atoms with Crippen LogP contribution in [0, 0.1) is 0 Å². The van der Waals surface area contributed by atoms with Crippen molar-refractivity contribution in [1.29, 1.82) is 0 Å². The third kappa shape index (κ3) is 2.04. The molecule has 76 valence electrons. The molecule has 0 amide bonds. The zero-order valence-electron chi connectivity index (χ0n) is 7.99. The second-order valence-corrected chi connectivity index (χ2v) is 3.24. The summed E-state index contributed by atoms with van der Waals surface area (Å²) in [4.78, 5) is 22.8. The molecule has 0 atom stereocenters. The van der Waals surface area contributed by atoms with Gasteiger partial charge in [0, 0.05) is 12.6 Å². The van der Waals surface area contributed by atoms with E-state index in [-0.39, 0.29) is 23.3 Å². The standard InChI is InChI=1S/C11H10N2O2/c14-10(9-7-12-13-11(9)15)6-8-4-2-1-3-5-8/h1-5,7H,6H2,(H2,12,13,15). The van der Waals surface area contributed by atoms with Gasteiger partial charge in [0.1, 0.15) is 5.56 Å². The maximum Gasteiger partial charge on any atom is 0.274 e. The number of hydrogen-bond donors (Lipinski definition) is 2.